The summed E-state index contributed by atoms with van der Waals surface area (Å²) < 4.78 is 4.97. The predicted octanol–water partition coefficient (Wildman–Crippen LogP) is 0.416. The molecule has 112 valence electrons. The Hall–Kier alpha value is -1.79. The van der Waals surface area contributed by atoms with Crippen molar-refractivity contribution in [2.24, 2.45) is 0 Å². The average molecular weight is 281 g/mol. The van der Waals surface area contributed by atoms with Crippen LogP contribution >= 0.6 is 0 Å². The van der Waals surface area contributed by atoms with E-state index in [9.17, 15) is 4.79 Å². The van der Waals surface area contributed by atoms with Crippen LogP contribution in [0.4, 0.5) is 11.4 Å². The number of nitrogens with zero attached hydrogens (tertiary/aromatic N) is 2. The van der Waals surface area contributed by atoms with E-state index in [0.717, 1.165) is 5.69 Å². The topological polar surface area (TPSA) is 79.0 Å². The smallest absolute Gasteiger partial charge is 0.254 e. The van der Waals surface area contributed by atoms with Gasteiger partial charge in [-0.25, -0.2) is 0 Å². The predicted molar refractivity (Wildman–Crippen MR) is 80.0 cm³/mol. The molecule has 0 saturated heterocycles. The first-order chi connectivity index (χ1) is 9.51. The molecule has 0 unspecified atom stereocenters. The van der Waals surface area contributed by atoms with Crippen LogP contribution in [0.15, 0.2) is 18.2 Å². The summed E-state index contributed by atoms with van der Waals surface area (Å²) in [6.45, 7) is 1.06. The number of benzene rings is 1. The lowest BCUT2D eigenvalue weighted by molar-refractivity contribution is 0.0656. The number of hydrogen-bond donors (Lipinski definition) is 2. The number of carbonyl (C=O) groups excluding carboxylic acids is 1. The van der Waals surface area contributed by atoms with E-state index in [1.54, 1.807) is 24.1 Å². The average Bonchev–Trinajstić information content (AvgIpc) is 2.42. The minimum absolute atomic E-state index is 0.0826. The molecule has 20 heavy (non-hydrogen) atoms. The SMILES string of the molecule is COCCN(CCO)C(=O)c1ccc(N(C)C)c(N)c1. The first-order valence-corrected chi connectivity index (χ1v) is 6.47. The summed E-state index contributed by atoms with van der Waals surface area (Å²) in [5.41, 5.74) is 7.88. The molecule has 0 aliphatic carbocycles. The Morgan fingerprint density at radius 3 is 2.55 bits per heavy atom. The van der Waals surface area contributed by atoms with Crippen molar-refractivity contribution in [1.82, 2.24) is 4.90 Å². The van der Waals surface area contributed by atoms with Gasteiger partial charge in [-0.1, -0.05) is 0 Å². The van der Waals surface area contributed by atoms with Crippen LogP contribution in [0.2, 0.25) is 0 Å². The fourth-order valence-corrected chi connectivity index (χ4v) is 1.91. The van der Waals surface area contributed by atoms with Crippen LogP contribution in [0.25, 0.3) is 0 Å². The molecule has 0 atom stereocenters. The van der Waals surface area contributed by atoms with E-state index in [-0.39, 0.29) is 19.1 Å². The number of ether oxygens (including phenoxy) is 1. The van der Waals surface area contributed by atoms with E-state index < -0.39 is 0 Å². The summed E-state index contributed by atoms with van der Waals surface area (Å²) in [6, 6.07) is 5.22. The van der Waals surface area contributed by atoms with Crippen LogP contribution in [0.5, 0.6) is 0 Å². The highest BCUT2D eigenvalue weighted by molar-refractivity contribution is 5.96. The van der Waals surface area contributed by atoms with E-state index in [1.165, 1.54) is 0 Å². The molecule has 6 heteroatoms. The molecule has 0 radical (unpaired) electrons. The minimum Gasteiger partial charge on any atom is -0.397 e. The number of aliphatic hydroxyl groups is 1. The highest BCUT2D eigenvalue weighted by Crippen LogP contribution is 2.23. The zero-order valence-corrected chi connectivity index (χ0v) is 12.3. The Morgan fingerprint density at radius 1 is 1.35 bits per heavy atom. The molecular weight excluding hydrogens is 258 g/mol. The first-order valence-electron chi connectivity index (χ1n) is 6.47. The maximum absolute atomic E-state index is 12.4. The van der Waals surface area contributed by atoms with Crippen LogP contribution in [0.1, 0.15) is 10.4 Å². The van der Waals surface area contributed by atoms with Crippen LogP contribution in [-0.4, -0.2) is 63.4 Å². The molecule has 0 aromatic heterocycles. The molecule has 0 fully saturated rings. The van der Waals surface area contributed by atoms with Gasteiger partial charge < -0.3 is 25.4 Å². The molecule has 3 N–H and O–H groups in total. The molecule has 6 nitrogen and oxygen atoms in total. The van der Waals surface area contributed by atoms with E-state index in [2.05, 4.69) is 0 Å². The van der Waals surface area contributed by atoms with Gasteiger partial charge in [0.25, 0.3) is 5.91 Å². The number of aliphatic hydroxyl groups excluding tert-OH is 1. The van der Waals surface area contributed by atoms with Gasteiger partial charge in [-0.15, -0.1) is 0 Å². The molecule has 0 aliphatic rings. The van der Waals surface area contributed by atoms with Gasteiger partial charge in [0.15, 0.2) is 0 Å². The van der Waals surface area contributed by atoms with Crippen molar-refractivity contribution in [2.45, 2.75) is 0 Å². The number of nitrogens with two attached hydrogens (primary N) is 1. The summed E-state index contributed by atoms with van der Waals surface area (Å²) in [4.78, 5) is 15.8. The van der Waals surface area contributed by atoms with Crippen molar-refractivity contribution in [2.75, 3.05) is 58.1 Å². The van der Waals surface area contributed by atoms with Crippen LogP contribution in [-0.2, 0) is 4.74 Å². The third-order valence-electron chi connectivity index (χ3n) is 2.98. The summed E-state index contributed by atoms with van der Waals surface area (Å²) in [5.74, 6) is -0.159. The lowest BCUT2D eigenvalue weighted by Crippen LogP contribution is -2.36. The van der Waals surface area contributed by atoms with Crippen molar-refractivity contribution >= 4 is 17.3 Å². The standard InChI is InChI=1S/C14H23N3O3/c1-16(2)13-5-4-11(10-12(13)15)14(19)17(6-8-18)7-9-20-3/h4-5,10,18H,6-9,15H2,1-3H3. The van der Waals surface area contributed by atoms with E-state index in [4.69, 9.17) is 15.6 Å². The number of carbonyl (C=O) groups is 1. The molecule has 0 heterocycles. The van der Waals surface area contributed by atoms with Gasteiger partial charge in [-0.05, 0) is 18.2 Å². The Bertz CT molecular complexity index is 449. The molecular formula is C14H23N3O3. The van der Waals surface area contributed by atoms with Gasteiger partial charge in [0, 0.05) is 39.9 Å². The Labute approximate surface area is 119 Å². The maximum Gasteiger partial charge on any atom is 0.254 e. The highest BCUT2D eigenvalue weighted by atomic mass is 16.5. The summed E-state index contributed by atoms with van der Waals surface area (Å²) in [5, 5.41) is 9.04. The van der Waals surface area contributed by atoms with E-state index >= 15 is 0 Å². The Kier molecular flexibility index (Phi) is 6.27. The van der Waals surface area contributed by atoms with Gasteiger partial charge in [0.2, 0.25) is 0 Å². The second-order valence-electron chi connectivity index (χ2n) is 4.68. The third-order valence-corrected chi connectivity index (χ3v) is 2.98. The number of hydrogen-bond acceptors (Lipinski definition) is 5. The van der Waals surface area contributed by atoms with Crippen molar-refractivity contribution < 1.29 is 14.6 Å². The molecule has 1 aromatic carbocycles. The normalized spacial score (nSPS) is 10.4. The number of methoxy groups -OCH3 is 1. The van der Waals surface area contributed by atoms with Gasteiger partial charge in [-0.3, -0.25) is 4.79 Å². The first kappa shape index (κ1) is 16.3. The summed E-state index contributed by atoms with van der Waals surface area (Å²) >= 11 is 0. The fraction of sp³-hybridized carbons (Fsp3) is 0.500. The van der Waals surface area contributed by atoms with E-state index in [1.807, 2.05) is 25.1 Å². The number of nitrogen functional groups attached to an aromatic ring is 1. The zero-order chi connectivity index (χ0) is 15.1. The lowest BCUT2D eigenvalue weighted by atomic mass is 10.1. The number of amides is 1. The fourth-order valence-electron chi connectivity index (χ4n) is 1.91. The van der Waals surface area contributed by atoms with Crippen LogP contribution in [0, 0.1) is 0 Å². The lowest BCUT2D eigenvalue weighted by Gasteiger charge is -2.22. The van der Waals surface area contributed by atoms with Crippen molar-refractivity contribution in [1.29, 1.82) is 0 Å². The van der Waals surface area contributed by atoms with Gasteiger partial charge in [0.1, 0.15) is 0 Å². The van der Waals surface area contributed by atoms with Crippen molar-refractivity contribution in [3.05, 3.63) is 23.8 Å². The summed E-state index contributed by atoms with van der Waals surface area (Å²) in [6.07, 6.45) is 0. The molecule has 0 spiro atoms. The largest absolute Gasteiger partial charge is 0.397 e. The minimum atomic E-state index is -0.159. The molecule has 1 rings (SSSR count). The molecule has 0 aliphatic heterocycles. The van der Waals surface area contributed by atoms with Gasteiger partial charge in [-0.2, -0.15) is 0 Å². The molecule has 0 saturated carbocycles. The van der Waals surface area contributed by atoms with Crippen molar-refractivity contribution in [3.8, 4) is 0 Å². The second kappa shape index (κ2) is 7.72. The monoisotopic (exact) mass is 281 g/mol. The third kappa shape index (κ3) is 4.11. The van der Waals surface area contributed by atoms with E-state index in [0.29, 0.717) is 24.4 Å². The highest BCUT2D eigenvalue weighted by Gasteiger charge is 2.16. The Balaban J connectivity index is 2.91. The molecule has 0 bridgehead atoms. The quantitative estimate of drug-likeness (QED) is 0.708. The number of anilines is 2. The second-order valence-corrected chi connectivity index (χ2v) is 4.68. The van der Waals surface area contributed by atoms with Crippen molar-refractivity contribution in [3.63, 3.8) is 0 Å². The molecule has 1 aromatic rings. The maximum atomic E-state index is 12.4. The zero-order valence-electron chi connectivity index (χ0n) is 12.3. The van der Waals surface area contributed by atoms with Gasteiger partial charge in [0.05, 0.1) is 24.6 Å². The number of rotatable bonds is 7. The molecule has 1 amide bonds. The summed E-state index contributed by atoms with van der Waals surface area (Å²) in [7, 11) is 5.36. The van der Waals surface area contributed by atoms with Crippen LogP contribution in [0.3, 0.4) is 0 Å². The van der Waals surface area contributed by atoms with Crippen LogP contribution < -0.4 is 10.6 Å². The Morgan fingerprint density at radius 2 is 2.05 bits per heavy atom. The van der Waals surface area contributed by atoms with Gasteiger partial charge >= 0.3 is 0 Å².